The molecular weight excluding hydrogens is 266 g/mol. The highest BCUT2D eigenvalue weighted by molar-refractivity contribution is 5.81. The van der Waals surface area contributed by atoms with Gasteiger partial charge in [0.05, 0.1) is 30.3 Å². The number of H-pyrrole nitrogens is 1. The normalized spacial score (nSPS) is 10.5. The number of para-hydroxylation sites is 1. The number of imidazole rings is 1. The van der Waals surface area contributed by atoms with E-state index in [1.165, 1.54) is 0 Å². The Bertz CT molecular complexity index is 883. The third kappa shape index (κ3) is 2.28. The first-order valence-electron chi connectivity index (χ1n) is 6.47. The molecule has 0 saturated carbocycles. The van der Waals surface area contributed by atoms with Gasteiger partial charge in [0.15, 0.2) is 0 Å². The summed E-state index contributed by atoms with van der Waals surface area (Å²) in [4.78, 5) is 14.9. The number of aromatic amines is 1. The molecule has 21 heavy (non-hydrogen) atoms. The van der Waals surface area contributed by atoms with Crippen molar-refractivity contribution in [2.24, 2.45) is 0 Å². The minimum absolute atomic E-state index is 0.219. The Hall–Kier alpha value is -3.00. The Kier molecular flexibility index (Phi) is 3.20. The quantitative estimate of drug-likeness (QED) is 0.799. The van der Waals surface area contributed by atoms with Crippen LogP contribution in [0.1, 0.15) is 11.1 Å². The van der Waals surface area contributed by atoms with E-state index in [1.807, 2.05) is 24.3 Å². The van der Waals surface area contributed by atoms with Gasteiger partial charge in [-0.2, -0.15) is 5.26 Å². The van der Waals surface area contributed by atoms with Gasteiger partial charge in [0.25, 0.3) is 0 Å². The molecule has 1 aromatic heterocycles. The van der Waals surface area contributed by atoms with Gasteiger partial charge in [0, 0.05) is 0 Å². The van der Waals surface area contributed by atoms with Crippen molar-refractivity contribution >= 4 is 11.0 Å². The van der Waals surface area contributed by atoms with Crippen LogP contribution in [0.15, 0.2) is 47.3 Å². The topological polar surface area (TPSA) is 70.8 Å². The molecule has 0 spiro atoms. The van der Waals surface area contributed by atoms with E-state index in [9.17, 15) is 10.1 Å². The maximum absolute atomic E-state index is 12.1. The van der Waals surface area contributed by atoms with Crippen LogP contribution in [0.3, 0.4) is 0 Å². The van der Waals surface area contributed by atoms with Crippen LogP contribution in [0.5, 0.6) is 5.75 Å². The summed E-state index contributed by atoms with van der Waals surface area (Å²) in [7, 11) is 1.61. The first-order chi connectivity index (χ1) is 10.2. The molecule has 2 aromatic carbocycles. The van der Waals surface area contributed by atoms with E-state index in [4.69, 9.17) is 4.74 Å². The number of nitrogens with one attached hydrogen (secondary N) is 1. The van der Waals surface area contributed by atoms with Gasteiger partial charge in [-0.3, -0.25) is 4.57 Å². The molecule has 0 saturated heterocycles. The third-order valence-electron chi connectivity index (χ3n) is 3.41. The highest BCUT2D eigenvalue weighted by Crippen LogP contribution is 2.17. The molecule has 104 valence electrons. The van der Waals surface area contributed by atoms with Crippen molar-refractivity contribution in [3.63, 3.8) is 0 Å². The number of methoxy groups -OCH3 is 1. The fourth-order valence-corrected chi connectivity index (χ4v) is 2.37. The van der Waals surface area contributed by atoms with Gasteiger partial charge < -0.3 is 9.72 Å². The molecule has 3 aromatic rings. The minimum Gasteiger partial charge on any atom is -0.497 e. The molecule has 0 aliphatic heterocycles. The highest BCUT2D eigenvalue weighted by Gasteiger charge is 2.11. The van der Waals surface area contributed by atoms with Crippen molar-refractivity contribution in [3.8, 4) is 11.8 Å². The Labute approximate surface area is 121 Å². The second-order valence-corrected chi connectivity index (χ2v) is 4.68. The average molecular weight is 279 g/mol. The predicted molar refractivity (Wildman–Crippen MR) is 79.4 cm³/mol. The summed E-state index contributed by atoms with van der Waals surface area (Å²) in [5.41, 5.74) is 2.54. The van der Waals surface area contributed by atoms with Gasteiger partial charge in [-0.1, -0.05) is 18.2 Å². The molecular formula is C16H13N3O2. The summed E-state index contributed by atoms with van der Waals surface area (Å²) in [5.74, 6) is 0.766. The number of fused-ring (bicyclic) bond motifs is 1. The Morgan fingerprint density at radius 3 is 2.67 bits per heavy atom. The van der Waals surface area contributed by atoms with Crippen molar-refractivity contribution < 1.29 is 4.74 Å². The molecule has 0 fully saturated rings. The SMILES string of the molecule is COc1ccc(Cn2c(=O)[nH]c3cccc(C#N)c32)cc1. The molecule has 5 heteroatoms. The van der Waals surface area contributed by atoms with Crippen LogP contribution in [0.25, 0.3) is 11.0 Å². The number of hydrogen-bond donors (Lipinski definition) is 1. The second kappa shape index (κ2) is 5.17. The van der Waals surface area contributed by atoms with E-state index in [-0.39, 0.29) is 5.69 Å². The van der Waals surface area contributed by atoms with Crippen molar-refractivity contribution in [1.82, 2.24) is 9.55 Å². The standard InChI is InChI=1S/C16H13N3O2/c1-21-13-7-5-11(6-8-13)10-19-15-12(9-17)3-2-4-14(15)18-16(19)20/h2-8H,10H2,1H3,(H,18,20). The van der Waals surface area contributed by atoms with E-state index in [2.05, 4.69) is 11.1 Å². The molecule has 1 N–H and O–H groups in total. The largest absolute Gasteiger partial charge is 0.497 e. The van der Waals surface area contributed by atoms with Crippen molar-refractivity contribution in [3.05, 3.63) is 64.1 Å². The van der Waals surface area contributed by atoms with Crippen LogP contribution in [-0.4, -0.2) is 16.7 Å². The number of benzene rings is 2. The first kappa shape index (κ1) is 13.0. The van der Waals surface area contributed by atoms with Crippen molar-refractivity contribution in [2.45, 2.75) is 6.54 Å². The number of nitrogens with zero attached hydrogens (tertiary/aromatic N) is 2. The second-order valence-electron chi connectivity index (χ2n) is 4.68. The minimum atomic E-state index is -0.219. The van der Waals surface area contributed by atoms with E-state index < -0.39 is 0 Å². The molecule has 3 rings (SSSR count). The number of aromatic nitrogens is 2. The van der Waals surface area contributed by atoms with E-state index in [0.717, 1.165) is 11.3 Å². The van der Waals surface area contributed by atoms with Gasteiger partial charge in [-0.05, 0) is 29.8 Å². The van der Waals surface area contributed by atoms with Crippen LogP contribution in [-0.2, 0) is 6.54 Å². The number of ether oxygens (including phenoxy) is 1. The van der Waals surface area contributed by atoms with E-state index in [1.54, 1.807) is 29.9 Å². The summed E-state index contributed by atoms with van der Waals surface area (Å²) < 4.78 is 6.70. The molecule has 5 nitrogen and oxygen atoms in total. The molecule has 1 heterocycles. The van der Waals surface area contributed by atoms with Gasteiger partial charge in [-0.25, -0.2) is 4.79 Å². The van der Waals surface area contributed by atoms with Crippen molar-refractivity contribution in [2.75, 3.05) is 7.11 Å². The summed E-state index contributed by atoms with van der Waals surface area (Å²) in [6, 6.07) is 14.9. The summed E-state index contributed by atoms with van der Waals surface area (Å²) in [6.07, 6.45) is 0. The fourth-order valence-electron chi connectivity index (χ4n) is 2.37. The van der Waals surface area contributed by atoms with Crippen molar-refractivity contribution in [1.29, 1.82) is 5.26 Å². The number of hydrogen-bond acceptors (Lipinski definition) is 3. The van der Waals surface area contributed by atoms with Gasteiger partial charge >= 0.3 is 5.69 Å². The lowest BCUT2D eigenvalue weighted by Crippen LogP contribution is -2.17. The Morgan fingerprint density at radius 2 is 2.00 bits per heavy atom. The Morgan fingerprint density at radius 1 is 1.24 bits per heavy atom. The number of nitriles is 1. The van der Waals surface area contributed by atoms with Crippen LogP contribution in [0.2, 0.25) is 0 Å². The molecule has 0 amide bonds. The van der Waals surface area contributed by atoms with Crippen LogP contribution in [0, 0.1) is 11.3 Å². The highest BCUT2D eigenvalue weighted by atomic mass is 16.5. The van der Waals surface area contributed by atoms with E-state index >= 15 is 0 Å². The average Bonchev–Trinajstić information content (AvgIpc) is 2.84. The molecule has 0 bridgehead atoms. The lowest BCUT2D eigenvalue weighted by atomic mass is 10.2. The summed E-state index contributed by atoms with van der Waals surface area (Å²) >= 11 is 0. The maximum atomic E-state index is 12.1. The molecule has 0 atom stereocenters. The monoisotopic (exact) mass is 279 g/mol. The lowest BCUT2D eigenvalue weighted by Gasteiger charge is -2.06. The fraction of sp³-hybridized carbons (Fsp3) is 0.125. The van der Waals surface area contributed by atoms with Crippen LogP contribution >= 0.6 is 0 Å². The molecule has 0 radical (unpaired) electrons. The maximum Gasteiger partial charge on any atom is 0.326 e. The molecule has 0 aliphatic carbocycles. The zero-order chi connectivity index (χ0) is 14.8. The Balaban J connectivity index is 2.09. The third-order valence-corrected chi connectivity index (χ3v) is 3.41. The summed E-state index contributed by atoms with van der Waals surface area (Å²) in [6.45, 7) is 0.404. The predicted octanol–water partition coefficient (Wildman–Crippen LogP) is 2.26. The van der Waals surface area contributed by atoms with Gasteiger partial charge in [0.2, 0.25) is 0 Å². The van der Waals surface area contributed by atoms with E-state index in [0.29, 0.717) is 23.1 Å². The van der Waals surface area contributed by atoms with Crippen LogP contribution in [0.4, 0.5) is 0 Å². The zero-order valence-electron chi connectivity index (χ0n) is 11.5. The summed E-state index contributed by atoms with van der Waals surface area (Å²) in [5, 5.41) is 9.21. The lowest BCUT2D eigenvalue weighted by molar-refractivity contribution is 0.414. The molecule has 0 unspecified atom stereocenters. The zero-order valence-corrected chi connectivity index (χ0v) is 11.5. The smallest absolute Gasteiger partial charge is 0.326 e. The van der Waals surface area contributed by atoms with Gasteiger partial charge in [0.1, 0.15) is 11.8 Å². The first-order valence-corrected chi connectivity index (χ1v) is 6.47. The molecule has 0 aliphatic rings. The van der Waals surface area contributed by atoms with Crippen LogP contribution < -0.4 is 10.4 Å². The van der Waals surface area contributed by atoms with Gasteiger partial charge in [-0.15, -0.1) is 0 Å². The number of rotatable bonds is 3.